The first kappa shape index (κ1) is 22.7. The van der Waals surface area contributed by atoms with Crippen molar-refractivity contribution in [2.75, 3.05) is 24.4 Å². The summed E-state index contributed by atoms with van der Waals surface area (Å²) in [5.74, 6) is 0.935. The van der Waals surface area contributed by atoms with Gasteiger partial charge in [0.15, 0.2) is 11.6 Å². The number of hydrogen-bond acceptors (Lipinski definition) is 12. The fraction of sp³-hybridized carbons (Fsp3) is 0.600. The van der Waals surface area contributed by atoms with Crippen LogP contribution in [0.2, 0.25) is 0 Å². The molecule has 4 atom stereocenters. The maximum atomic E-state index is 11.7. The minimum Gasteiger partial charge on any atom is -0.382 e. The van der Waals surface area contributed by atoms with Gasteiger partial charge in [0.05, 0.1) is 12.7 Å². The van der Waals surface area contributed by atoms with Crippen LogP contribution in [0.4, 0.5) is 17.3 Å². The first-order chi connectivity index (χ1) is 13.3. The van der Waals surface area contributed by atoms with Crippen LogP contribution in [0.1, 0.15) is 12.8 Å². The Morgan fingerprint density at radius 3 is 2.52 bits per heavy atom. The lowest BCUT2D eigenvalue weighted by molar-refractivity contribution is -0.0551. The second kappa shape index (κ2) is 7.93. The Hall–Kier alpha value is -0.990. The zero-order valence-electron chi connectivity index (χ0n) is 14.7. The second-order valence-electron chi connectivity index (χ2n) is 5.99. The average Bonchev–Trinajstić information content (AvgIpc) is 3.08. The zero-order valence-corrected chi connectivity index (χ0v) is 17.4. The van der Waals surface area contributed by atoms with Gasteiger partial charge in [0, 0.05) is 7.05 Å². The fourth-order valence-corrected chi connectivity index (χ4v) is 5.74. The van der Waals surface area contributed by atoms with Gasteiger partial charge in [0.2, 0.25) is 0 Å². The number of rotatable bonds is 9. The van der Waals surface area contributed by atoms with Crippen LogP contribution in [-0.2, 0) is 31.6 Å². The molecule has 0 amide bonds. The van der Waals surface area contributed by atoms with Crippen LogP contribution < -0.4 is 10.7 Å². The Morgan fingerprint density at radius 1 is 1.21 bits per heavy atom. The quantitative estimate of drug-likeness (QED) is 0.236. The molecule has 19 heteroatoms. The van der Waals surface area contributed by atoms with Gasteiger partial charge in [0.25, 0.3) is 0 Å². The largest absolute Gasteiger partial charge is 0.490 e. The summed E-state index contributed by atoms with van der Waals surface area (Å²) in [7, 11) is -14.5. The molecule has 0 aromatic carbocycles. The molecular formula is C10H18N5O11P3. The number of nitrogen functional groups attached to an aromatic ring is 1. The predicted octanol–water partition coefficient (Wildman–Crippen LogP) is 0.205. The number of phosphoric ester groups is 1. The van der Waals surface area contributed by atoms with Crippen molar-refractivity contribution in [2.24, 2.45) is 0 Å². The minimum absolute atomic E-state index is 0.309. The molecule has 1 fully saturated rings. The highest BCUT2D eigenvalue weighted by molar-refractivity contribution is 7.66. The highest BCUT2D eigenvalue weighted by atomic mass is 31.3. The second-order valence-corrected chi connectivity index (χ2v) is 10.4. The van der Waals surface area contributed by atoms with Gasteiger partial charge in [-0.1, -0.05) is 0 Å². The molecular weight excluding hydrogens is 459 g/mol. The van der Waals surface area contributed by atoms with Crippen LogP contribution in [0.25, 0.3) is 0 Å². The highest BCUT2D eigenvalue weighted by Crippen LogP contribution is 2.66. The maximum Gasteiger partial charge on any atom is 0.490 e. The molecule has 2 unspecified atom stereocenters. The molecule has 2 aliphatic rings. The van der Waals surface area contributed by atoms with E-state index >= 15 is 0 Å². The van der Waals surface area contributed by atoms with Gasteiger partial charge in [-0.3, -0.25) is 4.52 Å². The summed E-state index contributed by atoms with van der Waals surface area (Å²) in [6.45, 7) is -0.497. The standard InChI is InChI=1S/C10H18N5O11P3/c1-14(15-8-9(11)12-5-13-10(8)15)7-3-2-6(24-7)4-23-28(19,20)26-29(21,22)25-27(16,17)18/h5-7H,2-4H2,1H3,(H,19,20)(H,21,22)(H2,11,12,13)(H2,16,17,18)/t6-,7+,15?/m0/s1. The van der Waals surface area contributed by atoms with Crippen LogP contribution in [0, 0.1) is 0 Å². The first-order valence-corrected chi connectivity index (χ1v) is 12.4. The molecule has 1 saturated heterocycles. The van der Waals surface area contributed by atoms with E-state index in [1.807, 2.05) is 0 Å². The Morgan fingerprint density at radius 2 is 1.90 bits per heavy atom. The maximum absolute atomic E-state index is 11.7. The van der Waals surface area contributed by atoms with Crippen molar-refractivity contribution in [1.82, 2.24) is 15.0 Å². The van der Waals surface area contributed by atoms with E-state index in [2.05, 4.69) is 23.1 Å². The third kappa shape index (κ3) is 5.79. The van der Waals surface area contributed by atoms with Gasteiger partial charge in [-0.05, 0) is 12.8 Å². The fourth-order valence-electron chi connectivity index (χ4n) is 2.69. The molecule has 164 valence electrons. The Balaban J connectivity index is 1.49. The molecule has 6 N–H and O–H groups in total. The molecule has 3 rings (SSSR count). The van der Waals surface area contributed by atoms with Crippen molar-refractivity contribution in [3.8, 4) is 0 Å². The molecule has 0 bridgehead atoms. The SMILES string of the molecule is CN([C@H]1CC[C@@H](COP(=O)(O)OP(=O)(O)OP(=O)(O)O)O1)N1c2ncnc(N)c21. The summed E-state index contributed by atoms with van der Waals surface area (Å²) < 4.78 is 51.2. The van der Waals surface area contributed by atoms with E-state index in [0.29, 0.717) is 30.2 Å². The normalized spacial score (nSPS) is 25.5. The van der Waals surface area contributed by atoms with Gasteiger partial charge in [-0.25, -0.2) is 28.7 Å². The Labute approximate surface area is 163 Å². The number of hydrogen-bond donors (Lipinski definition) is 5. The Kier molecular flexibility index (Phi) is 6.20. The molecule has 16 nitrogen and oxygen atoms in total. The van der Waals surface area contributed by atoms with Gasteiger partial charge < -0.3 is 30.0 Å². The number of anilines is 3. The summed E-state index contributed by atoms with van der Waals surface area (Å²) in [4.78, 5) is 43.5. The van der Waals surface area contributed by atoms with E-state index in [1.54, 1.807) is 17.1 Å². The molecule has 1 aromatic rings. The summed E-state index contributed by atoms with van der Waals surface area (Å²) >= 11 is 0. The van der Waals surface area contributed by atoms with E-state index < -0.39 is 42.4 Å². The number of nitrogens with two attached hydrogens (primary N) is 1. The molecule has 0 radical (unpaired) electrons. The van der Waals surface area contributed by atoms with E-state index in [9.17, 15) is 18.6 Å². The van der Waals surface area contributed by atoms with E-state index in [-0.39, 0.29) is 0 Å². The van der Waals surface area contributed by atoms with E-state index in [1.165, 1.54) is 6.33 Å². The highest BCUT2D eigenvalue weighted by Gasteiger charge is 2.44. The smallest absolute Gasteiger partial charge is 0.382 e. The first-order valence-electron chi connectivity index (χ1n) is 7.85. The molecule has 29 heavy (non-hydrogen) atoms. The topological polar surface area (TPSA) is 227 Å². The van der Waals surface area contributed by atoms with Crippen LogP contribution in [-0.4, -0.2) is 60.5 Å². The van der Waals surface area contributed by atoms with Gasteiger partial charge in [-0.15, -0.1) is 0 Å². The van der Waals surface area contributed by atoms with Gasteiger partial charge >= 0.3 is 23.5 Å². The number of ether oxygens (including phenoxy) is 1. The number of nitrogens with zero attached hydrogens (tertiary/aromatic N) is 4. The number of hydrazine groups is 1. The van der Waals surface area contributed by atoms with Crippen molar-refractivity contribution in [3.63, 3.8) is 0 Å². The van der Waals surface area contributed by atoms with Crippen LogP contribution in [0.3, 0.4) is 0 Å². The van der Waals surface area contributed by atoms with Crippen LogP contribution in [0.15, 0.2) is 6.33 Å². The predicted molar refractivity (Wildman–Crippen MR) is 94.1 cm³/mol. The third-order valence-corrected chi connectivity index (χ3v) is 7.65. The van der Waals surface area contributed by atoms with Crippen molar-refractivity contribution in [3.05, 3.63) is 6.33 Å². The van der Waals surface area contributed by atoms with Crippen molar-refractivity contribution < 1.29 is 51.2 Å². The molecule has 0 aliphatic carbocycles. The molecule has 0 spiro atoms. The zero-order chi connectivity index (χ0) is 21.6. The number of aromatic nitrogens is 2. The van der Waals surface area contributed by atoms with Crippen LogP contribution >= 0.6 is 23.5 Å². The summed E-state index contributed by atoms with van der Waals surface area (Å²) in [6, 6.07) is 0. The van der Waals surface area contributed by atoms with Crippen molar-refractivity contribution in [1.29, 1.82) is 0 Å². The van der Waals surface area contributed by atoms with Crippen molar-refractivity contribution >= 4 is 40.8 Å². The summed E-state index contributed by atoms with van der Waals surface area (Å²) in [5, 5.41) is 3.40. The third-order valence-electron chi connectivity index (χ3n) is 3.85. The van der Waals surface area contributed by atoms with Gasteiger partial charge in [0.1, 0.15) is 18.2 Å². The molecule has 0 saturated carbocycles. The van der Waals surface area contributed by atoms with Crippen LogP contribution in [0.5, 0.6) is 0 Å². The minimum atomic E-state index is -5.55. The molecule has 2 aliphatic heterocycles. The number of fused-ring (bicyclic) bond motifs is 1. The number of phosphoric acid groups is 3. The Bertz CT molecular complexity index is 927. The van der Waals surface area contributed by atoms with E-state index in [0.717, 1.165) is 0 Å². The molecule has 1 aromatic heterocycles. The average molecular weight is 477 g/mol. The van der Waals surface area contributed by atoms with Gasteiger partial charge in [-0.2, -0.15) is 13.6 Å². The van der Waals surface area contributed by atoms with E-state index in [4.69, 9.17) is 25.2 Å². The summed E-state index contributed by atoms with van der Waals surface area (Å²) in [6.07, 6.45) is 1.13. The lowest BCUT2D eigenvalue weighted by atomic mass is 10.2. The summed E-state index contributed by atoms with van der Waals surface area (Å²) in [5.41, 5.74) is 6.40. The van der Waals surface area contributed by atoms with Crippen molar-refractivity contribution in [2.45, 2.75) is 25.2 Å². The monoisotopic (exact) mass is 477 g/mol. The lowest BCUT2D eigenvalue weighted by Crippen LogP contribution is -2.38. The lowest BCUT2D eigenvalue weighted by Gasteiger charge is -2.25. The molecule has 3 heterocycles.